The molecule has 3 aliphatic rings. The minimum absolute atomic E-state index is 0.614. The van der Waals surface area contributed by atoms with E-state index in [1.54, 1.807) is 11.8 Å². The number of thioether (sulfide) groups is 1. The lowest BCUT2D eigenvalue weighted by atomic mass is 9.70. The Balaban J connectivity index is 1.31. The highest BCUT2D eigenvalue weighted by Gasteiger charge is 2.39. The molecule has 0 unspecified atom stereocenters. The van der Waals surface area contributed by atoms with Gasteiger partial charge in [-0.2, -0.15) is 0 Å². The molecule has 3 heterocycles. The Bertz CT molecular complexity index is 510. The van der Waals surface area contributed by atoms with Gasteiger partial charge >= 0.3 is 0 Å². The molecule has 1 spiro atoms. The van der Waals surface area contributed by atoms with Crippen LogP contribution in [-0.2, 0) is 0 Å². The van der Waals surface area contributed by atoms with Crippen molar-refractivity contribution in [1.82, 2.24) is 15.1 Å². The minimum atomic E-state index is 0.614. The summed E-state index contributed by atoms with van der Waals surface area (Å²) < 4.78 is 0. The Labute approximate surface area is 144 Å². The molecular weight excluding hydrogens is 304 g/mol. The normalized spacial score (nSPS) is 25.5. The van der Waals surface area contributed by atoms with Crippen LogP contribution < -0.4 is 4.90 Å². The number of aromatic nitrogens is 2. The largest absolute Gasteiger partial charge is 0.355 e. The van der Waals surface area contributed by atoms with E-state index >= 15 is 0 Å². The van der Waals surface area contributed by atoms with E-state index in [2.05, 4.69) is 32.1 Å². The van der Waals surface area contributed by atoms with E-state index in [1.165, 1.54) is 58.0 Å². The molecule has 0 N–H and O–H groups in total. The van der Waals surface area contributed by atoms with Crippen LogP contribution in [0, 0.1) is 5.41 Å². The number of piperidine rings is 2. The molecule has 3 fully saturated rings. The van der Waals surface area contributed by atoms with E-state index < -0.39 is 0 Å². The summed E-state index contributed by atoms with van der Waals surface area (Å²) in [5.74, 6) is 1.06. The third-order valence-corrected chi connectivity index (χ3v) is 7.07. The number of nitrogens with zero attached hydrogens (tertiary/aromatic N) is 4. The number of likely N-dealkylation sites (tertiary alicyclic amines) is 1. The third-order valence-electron chi connectivity index (χ3n) is 6.43. The fourth-order valence-electron chi connectivity index (χ4n) is 4.42. The van der Waals surface area contributed by atoms with E-state index in [1.807, 2.05) is 6.26 Å². The van der Waals surface area contributed by atoms with Gasteiger partial charge in [0.2, 0.25) is 0 Å². The van der Waals surface area contributed by atoms with Crippen LogP contribution in [0.4, 0.5) is 5.82 Å². The van der Waals surface area contributed by atoms with Crippen molar-refractivity contribution in [3.8, 4) is 0 Å². The fraction of sp³-hybridized carbons (Fsp3) is 0.778. The van der Waals surface area contributed by atoms with Crippen molar-refractivity contribution in [2.75, 3.05) is 37.3 Å². The van der Waals surface area contributed by atoms with Crippen LogP contribution in [0.2, 0.25) is 0 Å². The molecular formula is C18H28N4S. The summed E-state index contributed by atoms with van der Waals surface area (Å²) >= 11 is 1.65. The van der Waals surface area contributed by atoms with Gasteiger partial charge in [-0.05, 0) is 75.4 Å². The number of rotatable bonds is 3. The first kappa shape index (κ1) is 15.7. The van der Waals surface area contributed by atoms with Gasteiger partial charge in [0.05, 0.1) is 0 Å². The van der Waals surface area contributed by atoms with Crippen LogP contribution in [0.15, 0.2) is 17.2 Å². The predicted molar refractivity (Wildman–Crippen MR) is 96.1 cm³/mol. The van der Waals surface area contributed by atoms with Crippen molar-refractivity contribution in [3.63, 3.8) is 0 Å². The van der Waals surface area contributed by atoms with Gasteiger partial charge in [0.25, 0.3) is 0 Å². The maximum absolute atomic E-state index is 4.41. The zero-order valence-electron chi connectivity index (χ0n) is 14.2. The Hall–Kier alpha value is -0.810. The summed E-state index contributed by atoms with van der Waals surface area (Å²) in [5, 5.41) is 9.70. The second-order valence-corrected chi connectivity index (χ2v) is 8.37. The molecule has 1 saturated carbocycles. The molecule has 0 radical (unpaired) electrons. The summed E-state index contributed by atoms with van der Waals surface area (Å²) in [7, 11) is 0. The standard InChI is InChI=1S/C18H28N4S/c1-23-17-6-5-16(19-20-17)22-13-9-18(10-14-22)7-11-21(12-8-18)15-3-2-4-15/h5-6,15H,2-4,7-14H2,1H3. The Morgan fingerprint density at radius 1 is 1.00 bits per heavy atom. The molecule has 1 aliphatic carbocycles. The summed E-state index contributed by atoms with van der Waals surface area (Å²) in [6.45, 7) is 4.98. The fourth-order valence-corrected chi connectivity index (χ4v) is 4.74. The summed E-state index contributed by atoms with van der Waals surface area (Å²) in [5.41, 5.74) is 0.614. The van der Waals surface area contributed by atoms with E-state index in [0.717, 1.165) is 30.0 Å². The Kier molecular flexibility index (Phi) is 4.50. The Morgan fingerprint density at radius 2 is 1.70 bits per heavy atom. The van der Waals surface area contributed by atoms with E-state index in [9.17, 15) is 0 Å². The van der Waals surface area contributed by atoms with Crippen LogP contribution >= 0.6 is 11.8 Å². The van der Waals surface area contributed by atoms with Gasteiger partial charge in [0.15, 0.2) is 5.82 Å². The quantitative estimate of drug-likeness (QED) is 0.792. The van der Waals surface area contributed by atoms with Gasteiger partial charge in [0, 0.05) is 19.1 Å². The molecule has 23 heavy (non-hydrogen) atoms. The molecule has 4 rings (SSSR count). The zero-order valence-corrected chi connectivity index (χ0v) is 15.0. The monoisotopic (exact) mass is 332 g/mol. The van der Waals surface area contributed by atoms with E-state index in [0.29, 0.717) is 5.41 Å². The van der Waals surface area contributed by atoms with Crippen LogP contribution in [0.25, 0.3) is 0 Å². The molecule has 4 nitrogen and oxygen atoms in total. The molecule has 1 aromatic rings. The van der Waals surface area contributed by atoms with Crippen LogP contribution in [-0.4, -0.2) is 53.6 Å². The van der Waals surface area contributed by atoms with Crippen molar-refractivity contribution in [2.24, 2.45) is 5.41 Å². The first-order valence-electron chi connectivity index (χ1n) is 9.15. The summed E-state index contributed by atoms with van der Waals surface area (Å²) in [4.78, 5) is 5.20. The molecule has 2 aliphatic heterocycles. The average Bonchev–Trinajstić information content (AvgIpc) is 2.56. The Morgan fingerprint density at radius 3 is 2.22 bits per heavy atom. The lowest BCUT2D eigenvalue weighted by Gasteiger charge is -2.50. The van der Waals surface area contributed by atoms with Gasteiger partial charge in [-0.25, -0.2) is 0 Å². The van der Waals surface area contributed by atoms with Gasteiger partial charge in [-0.1, -0.05) is 6.42 Å². The number of hydrogen-bond donors (Lipinski definition) is 0. The lowest BCUT2D eigenvalue weighted by Crippen LogP contribution is -2.51. The van der Waals surface area contributed by atoms with Gasteiger partial charge in [-0.15, -0.1) is 22.0 Å². The maximum Gasteiger partial charge on any atom is 0.151 e. The van der Waals surface area contributed by atoms with Gasteiger partial charge in [-0.3, -0.25) is 0 Å². The highest BCUT2D eigenvalue weighted by molar-refractivity contribution is 7.98. The van der Waals surface area contributed by atoms with Crippen LogP contribution in [0.5, 0.6) is 0 Å². The molecule has 0 bridgehead atoms. The van der Waals surface area contributed by atoms with Crippen LogP contribution in [0.1, 0.15) is 44.9 Å². The van der Waals surface area contributed by atoms with Crippen molar-refractivity contribution in [3.05, 3.63) is 12.1 Å². The molecule has 1 aromatic heterocycles. The van der Waals surface area contributed by atoms with Crippen molar-refractivity contribution in [2.45, 2.75) is 56.0 Å². The van der Waals surface area contributed by atoms with Crippen LogP contribution in [0.3, 0.4) is 0 Å². The number of anilines is 1. The van der Waals surface area contributed by atoms with Crippen molar-refractivity contribution in [1.29, 1.82) is 0 Å². The molecule has 0 atom stereocenters. The van der Waals surface area contributed by atoms with Gasteiger partial charge in [0.1, 0.15) is 5.03 Å². The van der Waals surface area contributed by atoms with Crippen molar-refractivity contribution < 1.29 is 0 Å². The second-order valence-electron chi connectivity index (χ2n) is 7.54. The first-order chi connectivity index (χ1) is 11.3. The molecule has 5 heteroatoms. The first-order valence-corrected chi connectivity index (χ1v) is 10.4. The SMILES string of the molecule is CSc1ccc(N2CCC3(CC2)CCN(C2CCC2)CC3)nn1. The minimum Gasteiger partial charge on any atom is -0.355 e. The topological polar surface area (TPSA) is 32.3 Å². The zero-order chi connectivity index (χ0) is 15.7. The third kappa shape index (κ3) is 3.22. The maximum atomic E-state index is 4.41. The van der Waals surface area contributed by atoms with Gasteiger partial charge < -0.3 is 9.80 Å². The highest BCUT2D eigenvalue weighted by Crippen LogP contribution is 2.43. The van der Waals surface area contributed by atoms with E-state index in [-0.39, 0.29) is 0 Å². The summed E-state index contributed by atoms with van der Waals surface area (Å²) in [6.07, 6.45) is 11.9. The molecule has 0 aromatic carbocycles. The van der Waals surface area contributed by atoms with E-state index in [4.69, 9.17) is 0 Å². The molecule has 2 saturated heterocycles. The smallest absolute Gasteiger partial charge is 0.151 e. The van der Waals surface area contributed by atoms with Crippen molar-refractivity contribution >= 4 is 17.6 Å². The number of hydrogen-bond acceptors (Lipinski definition) is 5. The second kappa shape index (κ2) is 6.60. The lowest BCUT2D eigenvalue weighted by molar-refractivity contribution is 0.0305. The average molecular weight is 333 g/mol. The molecule has 126 valence electrons. The summed E-state index contributed by atoms with van der Waals surface area (Å²) in [6, 6.07) is 5.16. The highest BCUT2D eigenvalue weighted by atomic mass is 32.2. The molecule has 0 amide bonds. The predicted octanol–water partition coefficient (Wildman–Crippen LogP) is 3.43.